The fourth-order valence-electron chi connectivity index (χ4n) is 2.01. The van der Waals surface area contributed by atoms with E-state index >= 15 is 0 Å². The standard InChI is InChI=1S/C12H15NO3S/c14-11(2-1-3-12(15)16)13-6-4-10-9(8-13)5-7-17-10/h5,7H,1-4,6,8H2,(H,15,16). The molecule has 92 valence electrons. The minimum atomic E-state index is -0.837. The van der Waals surface area contributed by atoms with E-state index in [9.17, 15) is 9.59 Å². The van der Waals surface area contributed by atoms with E-state index in [2.05, 4.69) is 11.4 Å². The van der Waals surface area contributed by atoms with Gasteiger partial charge in [-0.1, -0.05) is 0 Å². The van der Waals surface area contributed by atoms with Crippen molar-refractivity contribution >= 4 is 23.2 Å². The molecule has 0 unspecified atom stereocenters. The zero-order chi connectivity index (χ0) is 12.3. The number of rotatable bonds is 4. The summed E-state index contributed by atoms with van der Waals surface area (Å²) in [6, 6.07) is 2.07. The first-order valence-electron chi connectivity index (χ1n) is 5.71. The van der Waals surface area contributed by atoms with Crippen molar-refractivity contribution < 1.29 is 14.7 Å². The molecule has 1 amide bonds. The van der Waals surface area contributed by atoms with Gasteiger partial charge in [0.25, 0.3) is 0 Å². The summed E-state index contributed by atoms with van der Waals surface area (Å²) in [5, 5.41) is 10.6. The predicted molar refractivity (Wildman–Crippen MR) is 64.9 cm³/mol. The van der Waals surface area contributed by atoms with Gasteiger partial charge in [-0.05, 0) is 29.9 Å². The maximum absolute atomic E-state index is 11.8. The van der Waals surface area contributed by atoms with Gasteiger partial charge in [-0.2, -0.15) is 0 Å². The third-order valence-electron chi connectivity index (χ3n) is 2.94. The van der Waals surface area contributed by atoms with E-state index in [0.29, 0.717) is 19.4 Å². The van der Waals surface area contributed by atoms with Crippen LogP contribution in [0.25, 0.3) is 0 Å². The number of thiophene rings is 1. The van der Waals surface area contributed by atoms with Gasteiger partial charge in [0, 0.05) is 30.8 Å². The maximum Gasteiger partial charge on any atom is 0.303 e. The van der Waals surface area contributed by atoms with Crippen molar-refractivity contribution in [2.24, 2.45) is 0 Å². The van der Waals surface area contributed by atoms with E-state index in [1.165, 1.54) is 10.4 Å². The second-order valence-electron chi connectivity index (χ2n) is 4.18. The Morgan fingerprint density at radius 1 is 1.41 bits per heavy atom. The number of aliphatic carboxylic acids is 1. The molecule has 0 saturated heterocycles. The molecule has 0 saturated carbocycles. The van der Waals surface area contributed by atoms with Gasteiger partial charge in [0.2, 0.25) is 5.91 Å². The summed E-state index contributed by atoms with van der Waals surface area (Å²) < 4.78 is 0. The zero-order valence-electron chi connectivity index (χ0n) is 9.52. The lowest BCUT2D eigenvalue weighted by atomic mass is 10.1. The van der Waals surface area contributed by atoms with Gasteiger partial charge < -0.3 is 10.0 Å². The first-order valence-corrected chi connectivity index (χ1v) is 6.59. The Bertz CT molecular complexity index is 427. The lowest BCUT2D eigenvalue weighted by Crippen LogP contribution is -2.35. The van der Waals surface area contributed by atoms with Crippen molar-refractivity contribution in [3.8, 4) is 0 Å². The van der Waals surface area contributed by atoms with E-state index in [1.54, 1.807) is 11.3 Å². The predicted octanol–water partition coefficient (Wildman–Crippen LogP) is 1.89. The number of carbonyl (C=O) groups is 2. The first-order chi connectivity index (χ1) is 8.16. The second-order valence-corrected chi connectivity index (χ2v) is 5.18. The molecule has 1 aromatic rings. The van der Waals surface area contributed by atoms with E-state index in [0.717, 1.165) is 13.0 Å². The monoisotopic (exact) mass is 253 g/mol. The molecular weight excluding hydrogens is 238 g/mol. The van der Waals surface area contributed by atoms with E-state index in [4.69, 9.17) is 5.11 Å². The number of amides is 1. The number of nitrogens with zero attached hydrogens (tertiary/aromatic N) is 1. The molecule has 5 heteroatoms. The summed E-state index contributed by atoms with van der Waals surface area (Å²) >= 11 is 1.75. The molecule has 0 fully saturated rings. The molecule has 1 N–H and O–H groups in total. The SMILES string of the molecule is O=C(O)CCCC(=O)N1CCc2sccc2C1. The third-order valence-corrected chi connectivity index (χ3v) is 3.96. The van der Waals surface area contributed by atoms with Gasteiger partial charge in [0.15, 0.2) is 0 Å². The normalized spacial score (nSPS) is 14.5. The minimum absolute atomic E-state index is 0.0723. The van der Waals surface area contributed by atoms with E-state index < -0.39 is 5.97 Å². The highest BCUT2D eigenvalue weighted by Crippen LogP contribution is 2.24. The molecule has 0 radical (unpaired) electrons. The molecular formula is C12H15NO3S. The molecule has 0 aromatic carbocycles. The lowest BCUT2D eigenvalue weighted by Gasteiger charge is -2.27. The summed E-state index contributed by atoms with van der Waals surface area (Å²) in [6.45, 7) is 1.45. The van der Waals surface area contributed by atoms with Crippen LogP contribution in [0.3, 0.4) is 0 Å². The smallest absolute Gasteiger partial charge is 0.303 e. The number of hydrogen-bond donors (Lipinski definition) is 1. The van der Waals surface area contributed by atoms with Crippen LogP contribution in [0, 0.1) is 0 Å². The van der Waals surface area contributed by atoms with Crippen LogP contribution in [-0.2, 0) is 22.6 Å². The summed E-state index contributed by atoms with van der Waals surface area (Å²) in [6.07, 6.45) is 1.77. The van der Waals surface area contributed by atoms with Gasteiger partial charge in [-0.3, -0.25) is 9.59 Å². The Balaban J connectivity index is 1.84. The van der Waals surface area contributed by atoms with Crippen molar-refractivity contribution in [1.29, 1.82) is 0 Å². The molecule has 17 heavy (non-hydrogen) atoms. The van der Waals surface area contributed by atoms with Crippen molar-refractivity contribution in [3.63, 3.8) is 0 Å². The van der Waals surface area contributed by atoms with Gasteiger partial charge in [-0.25, -0.2) is 0 Å². The summed E-state index contributed by atoms with van der Waals surface area (Å²) in [5.74, 6) is -0.764. The van der Waals surface area contributed by atoms with E-state index in [-0.39, 0.29) is 12.3 Å². The topological polar surface area (TPSA) is 57.6 Å². The molecule has 2 rings (SSSR count). The minimum Gasteiger partial charge on any atom is -0.481 e. The van der Waals surface area contributed by atoms with Crippen LogP contribution in [0.15, 0.2) is 11.4 Å². The lowest BCUT2D eigenvalue weighted by molar-refractivity contribution is -0.137. The van der Waals surface area contributed by atoms with E-state index in [1.807, 2.05) is 4.90 Å². The van der Waals surface area contributed by atoms with Crippen LogP contribution in [0.1, 0.15) is 29.7 Å². The third kappa shape index (κ3) is 3.06. The molecule has 1 aromatic heterocycles. The first kappa shape index (κ1) is 12.1. The molecule has 0 bridgehead atoms. The molecule has 0 aliphatic carbocycles. The van der Waals surface area contributed by atoms with Gasteiger partial charge in [0.1, 0.15) is 0 Å². The van der Waals surface area contributed by atoms with Crippen molar-refractivity contribution in [2.45, 2.75) is 32.2 Å². The number of carboxylic acids is 1. The number of carbonyl (C=O) groups excluding carboxylic acids is 1. The number of carboxylic acid groups (broad SMARTS) is 1. The van der Waals surface area contributed by atoms with Crippen LogP contribution in [0.2, 0.25) is 0 Å². The molecule has 0 atom stereocenters. The average molecular weight is 253 g/mol. The van der Waals surface area contributed by atoms with Gasteiger partial charge in [-0.15, -0.1) is 11.3 Å². The number of hydrogen-bond acceptors (Lipinski definition) is 3. The van der Waals surface area contributed by atoms with Crippen LogP contribution in [0.4, 0.5) is 0 Å². The summed E-state index contributed by atoms with van der Waals surface area (Å²) in [7, 11) is 0. The van der Waals surface area contributed by atoms with Gasteiger partial charge >= 0.3 is 5.97 Å². The molecule has 4 nitrogen and oxygen atoms in total. The van der Waals surface area contributed by atoms with Crippen LogP contribution >= 0.6 is 11.3 Å². The number of fused-ring (bicyclic) bond motifs is 1. The Morgan fingerprint density at radius 3 is 3.00 bits per heavy atom. The Kier molecular flexibility index (Phi) is 3.78. The van der Waals surface area contributed by atoms with Gasteiger partial charge in [0.05, 0.1) is 0 Å². The Labute approximate surface area is 104 Å². The Hall–Kier alpha value is -1.36. The molecule has 1 aliphatic heterocycles. The molecule has 0 spiro atoms. The summed E-state index contributed by atoms with van der Waals surface area (Å²) in [4.78, 5) is 25.4. The zero-order valence-corrected chi connectivity index (χ0v) is 10.3. The largest absolute Gasteiger partial charge is 0.481 e. The average Bonchev–Trinajstić information content (AvgIpc) is 2.75. The highest BCUT2D eigenvalue weighted by atomic mass is 32.1. The van der Waals surface area contributed by atoms with Crippen molar-refractivity contribution in [2.75, 3.05) is 6.54 Å². The maximum atomic E-state index is 11.8. The fraction of sp³-hybridized carbons (Fsp3) is 0.500. The summed E-state index contributed by atoms with van der Waals surface area (Å²) in [5.41, 5.74) is 1.24. The molecule has 2 heterocycles. The van der Waals surface area contributed by atoms with Crippen LogP contribution in [0.5, 0.6) is 0 Å². The van der Waals surface area contributed by atoms with Crippen LogP contribution < -0.4 is 0 Å². The molecule has 1 aliphatic rings. The van der Waals surface area contributed by atoms with Crippen LogP contribution in [-0.4, -0.2) is 28.4 Å². The van der Waals surface area contributed by atoms with Crippen molar-refractivity contribution in [1.82, 2.24) is 4.90 Å². The Morgan fingerprint density at radius 2 is 2.24 bits per heavy atom. The quantitative estimate of drug-likeness (QED) is 0.891. The highest BCUT2D eigenvalue weighted by Gasteiger charge is 2.20. The highest BCUT2D eigenvalue weighted by molar-refractivity contribution is 7.10. The second kappa shape index (κ2) is 5.31. The fourth-order valence-corrected chi connectivity index (χ4v) is 2.90. The van der Waals surface area contributed by atoms with Crippen molar-refractivity contribution in [3.05, 3.63) is 21.9 Å².